The van der Waals surface area contributed by atoms with E-state index in [0.29, 0.717) is 5.04 Å². The Morgan fingerprint density at radius 2 is 1.82 bits per heavy atom. The van der Waals surface area contributed by atoms with Crippen LogP contribution in [0, 0.1) is 5.92 Å². The third-order valence-electron chi connectivity index (χ3n) is 5.01. The minimum Gasteiger partial charge on any atom is -0.417 e. The van der Waals surface area contributed by atoms with Crippen molar-refractivity contribution in [2.24, 2.45) is 5.92 Å². The molecule has 130 valence electrons. The first kappa shape index (κ1) is 21.7. The minimum atomic E-state index is -1.56. The largest absolute Gasteiger partial charge is 0.417 e. The van der Waals surface area contributed by atoms with E-state index < -0.39 is 8.32 Å². The molecule has 1 nitrogen and oxygen atoms in total. The Bertz CT molecular complexity index is 336. The fourth-order valence-corrected chi connectivity index (χ4v) is 3.22. The summed E-state index contributed by atoms with van der Waals surface area (Å²) in [5.41, 5.74) is 1.53. The summed E-state index contributed by atoms with van der Waals surface area (Å²) in [5.74, 6) is 0.769. The third kappa shape index (κ3) is 9.63. The van der Waals surface area contributed by atoms with Crippen LogP contribution in [-0.2, 0) is 4.43 Å². The summed E-state index contributed by atoms with van der Waals surface area (Å²) in [6.45, 7) is 20.9. The highest BCUT2D eigenvalue weighted by atomic mass is 28.4. The monoisotopic (exact) mass is 324 g/mol. The van der Waals surface area contributed by atoms with E-state index in [4.69, 9.17) is 4.43 Å². The van der Waals surface area contributed by atoms with E-state index in [9.17, 15) is 0 Å². The van der Waals surface area contributed by atoms with E-state index in [1.165, 1.54) is 31.3 Å². The average molecular weight is 325 g/mol. The summed E-state index contributed by atoms with van der Waals surface area (Å²) in [6.07, 6.45) is 11.7. The Balaban J connectivity index is 3.85. The standard InChI is InChI=1S/C20H40OSi/c1-9-10-11-13-18(2)14-12-15-19(3)16-17-21-22(7,8)20(4,5)6/h9,13,19H,1,10-12,14-17H2,2-8H3. The summed E-state index contributed by atoms with van der Waals surface area (Å²) in [5, 5.41) is 0.323. The van der Waals surface area contributed by atoms with Crippen LogP contribution >= 0.6 is 0 Å². The van der Waals surface area contributed by atoms with E-state index in [0.717, 1.165) is 25.4 Å². The van der Waals surface area contributed by atoms with Crippen LogP contribution in [0.3, 0.4) is 0 Å². The van der Waals surface area contributed by atoms with E-state index in [2.05, 4.69) is 60.4 Å². The van der Waals surface area contributed by atoms with Crippen LogP contribution in [-0.4, -0.2) is 14.9 Å². The molecule has 0 aliphatic heterocycles. The van der Waals surface area contributed by atoms with Gasteiger partial charge < -0.3 is 4.43 Å². The molecule has 0 heterocycles. The van der Waals surface area contributed by atoms with E-state index in [1.807, 2.05) is 6.08 Å². The lowest BCUT2D eigenvalue weighted by atomic mass is 9.99. The van der Waals surface area contributed by atoms with Crippen LogP contribution in [0.4, 0.5) is 0 Å². The maximum absolute atomic E-state index is 6.28. The first-order chi connectivity index (χ1) is 10.1. The number of rotatable bonds is 11. The first-order valence-electron chi connectivity index (χ1n) is 9.00. The van der Waals surface area contributed by atoms with Gasteiger partial charge >= 0.3 is 0 Å². The molecule has 0 aromatic heterocycles. The summed E-state index contributed by atoms with van der Waals surface area (Å²) in [7, 11) is -1.56. The van der Waals surface area contributed by atoms with Gasteiger partial charge in [0.05, 0.1) is 0 Å². The maximum atomic E-state index is 6.28. The molecule has 0 rings (SSSR count). The fourth-order valence-electron chi connectivity index (χ4n) is 2.16. The highest BCUT2D eigenvalue weighted by Gasteiger charge is 2.36. The predicted molar refractivity (Wildman–Crippen MR) is 104 cm³/mol. The Labute approximate surface area is 141 Å². The van der Waals surface area contributed by atoms with Crippen molar-refractivity contribution in [3.8, 4) is 0 Å². The molecule has 0 aromatic carbocycles. The zero-order valence-electron chi connectivity index (χ0n) is 16.3. The Hall–Kier alpha value is -0.343. The molecule has 0 spiro atoms. The average Bonchev–Trinajstić information content (AvgIpc) is 2.37. The van der Waals surface area contributed by atoms with Gasteiger partial charge in [0.25, 0.3) is 0 Å². The van der Waals surface area contributed by atoms with Crippen molar-refractivity contribution >= 4 is 8.32 Å². The van der Waals surface area contributed by atoms with Gasteiger partial charge in [-0.25, -0.2) is 0 Å². The normalized spacial score (nSPS) is 15.0. The van der Waals surface area contributed by atoms with Crippen molar-refractivity contribution in [1.29, 1.82) is 0 Å². The fraction of sp³-hybridized carbons (Fsp3) is 0.800. The van der Waals surface area contributed by atoms with Crippen molar-refractivity contribution in [2.45, 2.75) is 91.3 Å². The predicted octanol–water partition coefficient (Wildman–Crippen LogP) is 7.12. The molecule has 1 unspecified atom stereocenters. The molecule has 0 aliphatic carbocycles. The Morgan fingerprint density at radius 3 is 2.36 bits per heavy atom. The first-order valence-corrected chi connectivity index (χ1v) is 11.9. The molecule has 0 radical (unpaired) electrons. The Morgan fingerprint density at radius 1 is 1.18 bits per heavy atom. The number of allylic oxidation sites excluding steroid dienone is 3. The van der Waals surface area contributed by atoms with Crippen molar-refractivity contribution in [2.75, 3.05) is 6.61 Å². The van der Waals surface area contributed by atoms with Gasteiger partial charge in [-0.15, -0.1) is 6.58 Å². The molecular formula is C20H40OSi. The zero-order valence-corrected chi connectivity index (χ0v) is 17.3. The van der Waals surface area contributed by atoms with Crippen LogP contribution in [0.25, 0.3) is 0 Å². The lowest BCUT2D eigenvalue weighted by molar-refractivity contribution is 0.255. The molecule has 0 N–H and O–H groups in total. The molecule has 0 fully saturated rings. The van der Waals surface area contributed by atoms with Crippen molar-refractivity contribution in [3.05, 3.63) is 24.3 Å². The SMILES string of the molecule is C=CCCC=C(C)CCCC(C)CCO[Si](C)(C)C(C)(C)C. The molecule has 0 aliphatic rings. The molecule has 0 amide bonds. The minimum absolute atomic E-state index is 0.323. The van der Waals surface area contributed by atoms with Gasteiger partial charge in [-0.05, 0) is 63.1 Å². The van der Waals surface area contributed by atoms with Crippen LogP contribution < -0.4 is 0 Å². The Kier molecular flexibility index (Phi) is 10.3. The van der Waals surface area contributed by atoms with Crippen LogP contribution in [0.5, 0.6) is 0 Å². The molecule has 1 atom stereocenters. The van der Waals surface area contributed by atoms with Gasteiger partial charge in [0.1, 0.15) is 0 Å². The second kappa shape index (κ2) is 10.4. The summed E-state index contributed by atoms with van der Waals surface area (Å²) in [6, 6.07) is 0. The van der Waals surface area contributed by atoms with Gasteiger partial charge in [-0.2, -0.15) is 0 Å². The second-order valence-electron chi connectivity index (χ2n) is 8.31. The summed E-state index contributed by atoms with van der Waals surface area (Å²) >= 11 is 0. The second-order valence-corrected chi connectivity index (χ2v) is 13.1. The van der Waals surface area contributed by atoms with Gasteiger partial charge in [0.15, 0.2) is 8.32 Å². The number of unbranched alkanes of at least 4 members (excludes halogenated alkanes) is 1. The molecule has 0 bridgehead atoms. The van der Waals surface area contributed by atoms with Crippen LogP contribution in [0.2, 0.25) is 18.1 Å². The topological polar surface area (TPSA) is 9.23 Å². The molecule has 0 saturated heterocycles. The third-order valence-corrected chi connectivity index (χ3v) is 9.55. The lowest BCUT2D eigenvalue weighted by Gasteiger charge is -2.36. The van der Waals surface area contributed by atoms with Gasteiger partial charge in [0, 0.05) is 6.61 Å². The number of hydrogen-bond donors (Lipinski definition) is 0. The van der Waals surface area contributed by atoms with Gasteiger partial charge in [-0.1, -0.05) is 51.8 Å². The van der Waals surface area contributed by atoms with E-state index >= 15 is 0 Å². The smallest absolute Gasteiger partial charge is 0.191 e. The van der Waals surface area contributed by atoms with Crippen molar-refractivity contribution < 1.29 is 4.43 Å². The van der Waals surface area contributed by atoms with E-state index in [-0.39, 0.29) is 0 Å². The van der Waals surface area contributed by atoms with Crippen LogP contribution in [0.15, 0.2) is 24.3 Å². The molecule has 0 saturated carbocycles. The summed E-state index contributed by atoms with van der Waals surface area (Å²) in [4.78, 5) is 0. The molecular weight excluding hydrogens is 284 g/mol. The van der Waals surface area contributed by atoms with E-state index in [1.54, 1.807) is 0 Å². The maximum Gasteiger partial charge on any atom is 0.191 e. The van der Waals surface area contributed by atoms with Gasteiger partial charge in [-0.3, -0.25) is 0 Å². The van der Waals surface area contributed by atoms with Crippen molar-refractivity contribution in [1.82, 2.24) is 0 Å². The van der Waals surface area contributed by atoms with Crippen LogP contribution in [0.1, 0.15) is 73.1 Å². The zero-order chi connectivity index (χ0) is 17.2. The molecule has 2 heteroatoms. The lowest BCUT2D eigenvalue weighted by Crippen LogP contribution is -2.41. The molecule has 22 heavy (non-hydrogen) atoms. The quantitative estimate of drug-likeness (QED) is 0.223. The number of hydrogen-bond acceptors (Lipinski definition) is 1. The highest BCUT2D eigenvalue weighted by Crippen LogP contribution is 2.36. The van der Waals surface area contributed by atoms with Gasteiger partial charge in [0.2, 0.25) is 0 Å². The van der Waals surface area contributed by atoms with Crippen molar-refractivity contribution in [3.63, 3.8) is 0 Å². The molecule has 0 aromatic rings. The summed E-state index contributed by atoms with van der Waals surface area (Å²) < 4.78 is 6.28. The highest BCUT2D eigenvalue weighted by molar-refractivity contribution is 6.74.